The van der Waals surface area contributed by atoms with Crippen LogP contribution in [0.3, 0.4) is 0 Å². The summed E-state index contributed by atoms with van der Waals surface area (Å²) >= 11 is 0. The van der Waals surface area contributed by atoms with Gasteiger partial charge in [0.2, 0.25) is 5.91 Å². The minimum Gasteiger partial charge on any atom is -0.339 e. The Morgan fingerprint density at radius 2 is 1.52 bits per heavy atom. The molecule has 1 aliphatic carbocycles. The summed E-state index contributed by atoms with van der Waals surface area (Å²) in [5, 5.41) is 1.11. The maximum absolute atomic E-state index is 13.0. The van der Waals surface area contributed by atoms with Crippen LogP contribution in [0.1, 0.15) is 36.5 Å². The Bertz CT molecular complexity index is 1130. The first-order chi connectivity index (χ1) is 15.0. The second kappa shape index (κ2) is 7.80. The molecule has 5 nitrogen and oxygen atoms in total. The zero-order chi connectivity index (χ0) is 21.4. The highest BCUT2D eigenvalue weighted by atomic mass is 16.2. The number of hydrogen-bond donors (Lipinski definition) is 0. The molecule has 2 heterocycles. The fourth-order valence-corrected chi connectivity index (χ4v) is 4.61. The molecular weight excluding hydrogens is 386 g/mol. The third-order valence-electron chi connectivity index (χ3n) is 6.85. The summed E-state index contributed by atoms with van der Waals surface area (Å²) in [7, 11) is 0. The predicted molar refractivity (Wildman–Crippen MR) is 122 cm³/mol. The van der Waals surface area contributed by atoms with E-state index in [1.54, 1.807) is 0 Å². The Morgan fingerprint density at radius 3 is 2.19 bits per heavy atom. The second-order valence-corrected chi connectivity index (χ2v) is 8.97. The number of carbonyl (C=O) groups excluding carboxylic acids is 2. The lowest BCUT2D eigenvalue weighted by Crippen LogP contribution is -2.55. The first kappa shape index (κ1) is 19.7. The first-order valence-corrected chi connectivity index (χ1v) is 11.1. The topological polar surface area (TPSA) is 53.5 Å². The summed E-state index contributed by atoms with van der Waals surface area (Å²) in [4.78, 5) is 34.2. The van der Waals surface area contributed by atoms with E-state index in [1.807, 2.05) is 64.4 Å². The highest BCUT2D eigenvalue weighted by molar-refractivity contribution is 5.95. The van der Waals surface area contributed by atoms with E-state index in [-0.39, 0.29) is 17.2 Å². The Labute approximate surface area is 182 Å². The number of nitrogens with zero attached hydrogens (tertiary/aromatic N) is 3. The maximum atomic E-state index is 13.0. The number of fused-ring (bicyclic) bond motifs is 1. The molecule has 1 saturated carbocycles. The molecule has 0 atom stereocenters. The average molecular weight is 414 g/mol. The van der Waals surface area contributed by atoms with Crippen molar-refractivity contribution in [2.24, 2.45) is 5.41 Å². The van der Waals surface area contributed by atoms with Crippen LogP contribution in [0, 0.1) is 5.41 Å². The van der Waals surface area contributed by atoms with Crippen molar-refractivity contribution in [1.82, 2.24) is 14.8 Å². The normalized spacial score (nSPS) is 18.0. The minimum absolute atomic E-state index is 0.0278. The van der Waals surface area contributed by atoms with Crippen molar-refractivity contribution < 1.29 is 9.59 Å². The molecule has 1 aromatic heterocycles. The lowest BCUT2D eigenvalue weighted by Gasteiger charge is -2.43. The molecule has 3 aromatic rings. The lowest BCUT2D eigenvalue weighted by molar-refractivity contribution is -0.147. The number of rotatable bonds is 3. The molecule has 5 heteroatoms. The molecular formula is C26H27N3O2. The number of pyridine rings is 1. The Balaban J connectivity index is 1.24. The van der Waals surface area contributed by atoms with Crippen molar-refractivity contribution >= 4 is 22.7 Å². The zero-order valence-electron chi connectivity index (χ0n) is 17.9. The zero-order valence-corrected chi connectivity index (χ0v) is 17.9. The van der Waals surface area contributed by atoms with E-state index in [4.69, 9.17) is 4.98 Å². The molecule has 0 radical (unpaired) electrons. The van der Waals surface area contributed by atoms with E-state index in [0.29, 0.717) is 31.7 Å². The van der Waals surface area contributed by atoms with E-state index in [9.17, 15) is 9.59 Å². The Hall–Kier alpha value is -3.21. The van der Waals surface area contributed by atoms with E-state index >= 15 is 0 Å². The molecule has 31 heavy (non-hydrogen) atoms. The van der Waals surface area contributed by atoms with Gasteiger partial charge in [-0.05, 0) is 37.1 Å². The number of benzene rings is 2. The van der Waals surface area contributed by atoms with Gasteiger partial charge in [0.1, 0.15) is 0 Å². The molecule has 1 saturated heterocycles. The van der Waals surface area contributed by atoms with Gasteiger partial charge in [0.05, 0.1) is 11.2 Å². The van der Waals surface area contributed by atoms with Crippen LogP contribution >= 0.6 is 0 Å². The van der Waals surface area contributed by atoms with Gasteiger partial charge < -0.3 is 9.80 Å². The number of carbonyl (C=O) groups is 2. The van der Waals surface area contributed by atoms with Crippen LogP contribution in [-0.4, -0.2) is 52.8 Å². The van der Waals surface area contributed by atoms with E-state index in [1.165, 1.54) is 0 Å². The minimum atomic E-state index is -0.168. The summed E-state index contributed by atoms with van der Waals surface area (Å²) in [6.07, 6.45) is 3.12. The molecule has 0 unspecified atom stereocenters. The Kier molecular flexibility index (Phi) is 4.97. The molecule has 0 spiro atoms. The van der Waals surface area contributed by atoms with Crippen LogP contribution in [0.25, 0.3) is 22.2 Å². The third kappa shape index (κ3) is 3.69. The fourth-order valence-electron chi connectivity index (χ4n) is 4.61. The van der Waals surface area contributed by atoms with Crippen molar-refractivity contribution in [1.29, 1.82) is 0 Å². The molecule has 5 rings (SSSR count). The van der Waals surface area contributed by atoms with Crippen molar-refractivity contribution in [2.75, 3.05) is 26.2 Å². The van der Waals surface area contributed by atoms with Crippen molar-refractivity contribution in [2.45, 2.75) is 26.2 Å². The second-order valence-electron chi connectivity index (χ2n) is 8.97. The quantitative estimate of drug-likeness (QED) is 0.640. The van der Waals surface area contributed by atoms with Crippen LogP contribution in [0.15, 0.2) is 60.7 Å². The monoisotopic (exact) mass is 413 g/mol. The van der Waals surface area contributed by atoms with Crippen LogP contribution in [0.5, 0.6) is 0 Å². The van der Waals surface area contributed by atoms with Gasteiger partial charge in [0.15, 0.2) is 0 Å². The van der Waals surface area contributed by atoms with E-state index in [0.717, 1.165) is 41.4 Å². The third-order valence-corrected chi connectivity index (χ3v) is 6.85. The van der Waals surface area contributed by atoms with Gasteiger partial charge in [-0.1, -0.05) is 49.7 Å². The fraction of sp³-hybridized carbons (Fsp3) is 0.346. The van der Waals surface area contributed by atoms with Gasteiger partial charge in [-0.25, -0.2) is 4.98 Å². The summed E-state index contributed by atoms with van der Waals surface area (Å²) in [6, 6.07) is 19.8. The highest BCUT2D eigenvalue weighted by Gasteiger charge is 2.42. The largest absolute Gasteiger partial charge is 0.339 e. The van der Waals surface area contributed by atoms with E-state index < -0.39 is 0 Å². The van der Waals surface area contributed by atoms with Gasteiger partial charge >= 0.3 is 0 Å². The number of piperazine rings is 1. The van der Waals surface area contributed by atoms with Crippen LogP contribution in [0.4, 0.5) is 0 Å². The van der Waals surface area contributed by atoms with Crippen LogP contribution in [-0.2, 0) is 4.79 Å². The van der Waals surface area contributed by atoms with Gasteiger partial charge in [-0.2, -0.15) is 0 Å². The standard InChI is InChI=1S/C26H27N3O2/c1-26(13-4-14-26)25(31)29-17-15-28(16-18-29)24(30)21-9-7-20(8-10-21)23-12-11-19-5-2-3-6-22(19)27-23/h2-3,5-12H,4,13-18H2,1H3. The molecule has 2 amide bonds. The van der Waals surface area contributed by atoms with Gasteiger partial charge in [-0.15, -0.1) is 0 Å². The molecule has 2 aromatic carbocycles. The number of hydrogen-bond acceptors (Lipinski definition) is 3. The Morgan fingerprint density at radius 1 is 0.839 bits per heavy atom. The number of amides is 2. The maximum Gasteiger partial charge on any atom is 0.253 e. The smallest absolute Gasteiger partial charge is 0.253 e. The SMILES string of the molecule is CC1(C(=O)N2CCN(C(=O)c3ccc(-c4ccc5ccccc5n4)cc3)CC2)CCC1. The van der Waals surface area contributed by atoms with Crippen molar-refractivity contribution in [3.8, 4) is 11.3 Å². The van der Waals surface area contributed by atoms with Gasteiger partial charge in [0, 0.05) is 48.1 Å². The summed E-state index contributed by atoms with van der Waals surface area (Å²) in [6.45, 7) is 4.50. The molecule has 158 valence electrons. The van der Waals surface area contributed by atoms with Crippen LogP contribution in [0.2, 0.25) is 0 Å². The summed E-state index contributed by atoms with van der Waals surface area (Å²) < 4.78 is 0. The molecule has 0 N–H and O–H groups in total. The number of aromatic nitrogens is 1. The van der Waals surface area contributed by atoms with Crippen LogP contribution < -0.4 is 0 Å². The molecule has 0 bridgehead atoms. The highest BCUT2D eigenvalue weighted by Crippen LogP contribution is 2.42. The summed E-state index contributed by atoms with van der Waals surface area (Å²) in [5.41, 5.74) is 3.36. The van der Waals surface area contributed by atoms with Gasteiger partial charge in [0.25, 0.3) is 5.91 Å². The average Bonchev–Trinajstić information content (AvgIpc) is 2.81. The molecule has 1 aliphatic heterocycles. The first-order valence-electron chi connectivity index (χ1n) is 11.1. The predicted octanol–water partition coefficient (Wildman–Crippen LogP) is 4.38. The van der Waals surface area contributed by atoms with E-state index in [2.05, 4.69) is 13.0 Å². The molecule has 2 aliphatic rings. The van der Waals surface area contributed by atoms with Crippen molar-refractivity contribution in [3.05, 3.63) is 66.2 Å². The van der Waals surface area contributed by atoms with Gasteiger partial charge in [-0.3, -0.25) is 9.59 Å². The molecule has 2 fully saturated rings. The summed E-state index contributed by atoms with van der Waals surface area (Å²) in [5.74, 6) is 0.290. The van der Waals surface area contributed by atoms with Crippen molar-refractivity contribution in [3.63, 3.8) is 0 Å². The lowest BCUT2D eigenvalue weighted by atomic mass is 9.69. The number of para-hydroxylation sites is 1.